The van der Waals surface area contributed by atoms with Crippen LogP contribution in [0.3, 0.4) is 0 Å². The second-order valence-corrected chi connectivity index (χ2v) is 7.75. The minimum atomic E-state index is -0.120. The van der Waals surface area contributed by atoms with Crippen molar-refractivity contribution in [3.8, 4) is 0 Å². The predicted octanol–water partition coefficient (Wildman–Crippen LogP) is 3.68. The molecule has 0 spiro atoms. The fraction of sp³-hybridized carbons (Fsp3) is 0.250. The van der Waals surface area contributed by atoms with Gasteiger partial charge >= 0.3 is 0 Å². The molecule has 0 atom stereocenters. The number of fused-ring (bicyclic) bond motifs is 2. The van der Waals surface area contributed by atoms with Crippen LogP contribution in [-0.2, 0) is 11.3 Å². The lowest BCUT2D eigenvalue weighted by Crippen LogP contribution is -2.51. The molecule has 2 aromatic heterocycles. The molecule has 0 saturated carbocycles. The molecule has 30 heavy (non-hydrogen) atoms. The number of nitrogens with zero attached hydrogens (tertiary/aromatic N) is 3. The standard InChI is InChI=1S/C24H23N3O3/c1-17-14-18-6-2-4-8-20(18)27(17)16-23(28)25-10-12-26(13-11-25)24(29)22-15-19-7-3-5-9-21(19)30-22/h2-9,14-15H,10-13,16H2,1H3. The van der Waals surface area contributed by atoms with Gasteiger partial charge in [0.15, 0.2) is 5.76 Å². The van der Waals surface area contributed by atoms with Crippen LogP contribution in [0.15, 0.2) is 65.1 Å². The Bertz CT molecular complexity index is 1210. The molecule has 2 amide bonds. The van der Waals surface area contributed by atoms with Crippen molar-refractivity contribution in [1.82, 2.24) is 14.4 Å². The van der Waals surface area contributed by atoms with E-state index in [1.807, 2.05) is 54.3 Å². The average Bonchev–Trinajstić information content (AvgIpc) is 3.34. The Morgan fingerprint density at radius 1 is 0.867 bits per heavy atom. The second kappa shape index (κ2) is 7.37. The molecule has 5 rings (SSSR count). The number of benzene rings is 2. The van der Waals surface area contributed by atoms with Crippen molar-refractivity contribution >= 4 is 33.7 Å². The first-order chi connectivity index (χ1) is 14.6. The SMILES string of the molecule is Cc1cc2ccccc2n1CC(=O)N1CCN(C(=O)c2cc3ccccc3o2)CC1. The summed E-state index contributed by atoms with van der Waals surface area (Å²) in [6, 6.07) is 19.6. The first-order valence-corrected chi connectivity index (χ1v) is 10.2. The fourth-order valence-electron chi connectivity index (χ4n) is 4.20. The van der Waals surface area contributed by atoms with Crippen LogP contribution in [-0.4, -0.2) is 52.4 Å². The minimum absolute atomic E-state index is 0.0790. The lowest BCUT2D eigenvalue weighted by molar-refractivity contribution is -0.133. The van der Waals surface area contributed by atoms with Gasteiger partial charge in [-0.1, -0.05) is 36.4 Å². The highest BCUT2D eigenvalue weighted by Crippen LogP contribution is 2.22. The molecule has 0 unspecified atom stereocenters. The van der Waals surface area contributed by atoms with Crippen LogP contribution in [0.2, 0.25) is 0 Å². The van der Waals surface area contributed by atoms with Crippen molar-refractivity contribution in [3.05, 3.63) is 72.1 Å². The third-order valence-electron chi connectivity index (χ3n) is 5.87. The van der Waals surface area contributed by atoms with Crippen molar-refractivity contribution < 1.29 is 14.0 Å². The average molecular weight is 401 g/mol. The summed E-state index contributed by atoms with van der Waals surface area (Å²) in [7, 11) is 0. The van der Waals surface area contributed by atoms with Crippen LogP contribution in [0, 0.1) is 6.92 Å². The predicted molar refractivity (Wildman–Crippen MR) is 115 cm³/mol. The zero-order valence-electron chi connectivity index (χ0n) is 16.9. The summed E-state index contributed by atoms with van der Waals surface area (Å²) in [6.07, 6.45) is 0. The molecule has 6 heteroatoms. The normalized spacial score (nSPS) is 14.6. The van der Waals surface area contributed by atoms with Gasteiger partial charge in [-0.25, -0.2) is 0 Å². The Balaban J connectivity index is 1.24. The molecule has 0 N–H and O–H groups in total. The topological polar surface area (TPSA) is 58.7 Å². The number of carbonyl (C=O) groups excluding carboxylic acids is 2. The van der Waals surface area contributed by atoms with Gasteiger partial charge < -0.3 is 18.8 Å². The molecule has 4 aromatic rings. The van der Waals surface area contributed by atoms with E-state index in [1.54, 1.807) is 11.0 Å². The molecule has 0 aliphatic carbocycles. The second-order valence-electron chi connectivity index (χ2n) is 7.75. The maximum Gasteiger partial charge on any atom is 0.289 e. The molecule has 0 radical (unpaired) electrons. The van der Waals surface area contributed by atoms with Gasteiger partial charge in [-0.15, -0.1) is 0 Å². The quantitative estimate of drug-likeness (QED) is 0.526. The summed E-state index contributed by atoms with van der Waals surface area (Å²) in [5.41, 5.74) is 2.86. The van der Waals surface area contributed by atoms with E-state index in [0.717, 1.165) is 22.0 Å². The van der Waals surface area contributed by atoms with Crippen LogP contribution in [0.1, 0.15) is 16.2 Å². The van der Waals surface area contributed by atoms with Gasteiger partial charge in [-0.3, -0.25) is 9.59 Å². The van der Waals surface area contributed by atoms with Crippen molar-refractivity contribution in [1.29, 1.82) is 0 Å². The van der Waals surface area contributed by atoms with Crippen LogP contribution < -0.4 is 0 Å². The fourth-order valence-corrected chi connectivity index (χ4v) is 4.20. The van der Waals surface area contributed by atoms with Gasteiger partial charge in [0.1, 0.15) is 12.1 Å². The van der Waals surface area contributed by atoms with Crippen molar-refractivity contribution in [2.45, 2.75) is 13.5 Å². The number of rotatable bonds is 3. The summed E-state index contributed by atoms with van der Waals surface area (Å²) in [5, 5.41) is 2.06. The summed E-state index contributed by atoms with van der Waals surface area (Å²) in [5.74, 6) is 0.311. The smallest absolute Gasteiger partial charge is 0.289 e. The van der Waals surface area contributed by atoms with E-state index < -0.39 is 0 Å². The highest BCUT2D eigenvalue weighted by Gasteiger charge is 2.27. The van der Waals surface area contributed by atoms with E-state index in [9.17, 15) is 9.59 Å². The van der Waals surface area contributed by atoms with E-state index >= 15 is 0 Å². The van der Waals surface area contributed by atoms with Gasteiger partial charge in [-0.05, 0) is 36.6 Å². The van der Waals surface area contributed by atoms with Gasteiger partial charge in [0, 0.05) is 42.8 Å². The number of piperazine rings is 1. The van der Waals surface area contributed by atoms with Crippen LogP contribution in [0.5, 0.6) is 0 Å². The Kier molecular flexibility index (Phi) is 4.54. The van der Waals surface area contributed by atoms with Gasteiger partial charge in [0.05, 0.1) is 0 Å². The third kappa shape index (κ3) is 3.24. The molecular weight excluding hydrogens is 378 g/mol. The highest BCUT2D eigenvalue weighted by atomic mass is 16.3. The number of furan rings is 1. The molecule has 0 bridgehead atoms. The Labute approximate surface area is 174 Å². The Morgan fingerprint density at radius 2 is 1.53 bits per heavy atom. The first-order valence-electron chi connectivity index (χ1n) is 10.2. The maximum atomic E-state index is 12.9. The lowest BCUT2D eigenvalue weighted by atomic mass is 10.2. The number of aromatic nitrogens is 1. The monoisotopic (exact) mass is 401 g/mol. The largest absolute Gasteiger partial charge is 0.451 e. The maximum absolute atomic E-state index is 12.9. The zero-order chi connectivity index (χ0) is 20.7. The number of amides is 2. The lowest BCUT2D eigenvalue weighted by Gasteiger charge is -2.34. The molecule has 1 aliphatic heterocycles. The van der Waals surface area contributed by atoms with Crippen molar-refractivity contribution in [2.75, 3.05) is 26.2 Å². The van der Waals surface area contributed by atoms with Crippen molar-refractivity contribution in [3.63, 3.8) is 0 Å². The van der Waals surface area contributed by atoms with Gasteiger partial charge in [-0.2, -0.15) is 0 Å². The Hall–Kier alpha value is -3.54. The molecular formula is C24H23N3O3. The minimum Gasteiger partial charge on any atom is -0.451 e. The first kappa shape index (κ1) is 18.5. The van der Waals surface area contributed by atoms with E-state index in [0.29, 0.717) is 44.1 Å². The van der Waals surface area contributed by atoms with Crippen molar-refractivity contribution in [2.24, 2.45) is 0 Å². The van der Waals surface area contributed by atoms with Gasteiger partial charge in [0.25, 0.3) is 5.91 Å². The van der Waals surface area contributed by atoms with E-state index in [-0.39, 0.29) is 11.8 Å². The molecule has 1 saturated heterocycles. The number of para-hydroxylation sites is 2. The summed E-state index contributed by atoms with van der Waals surface area (Å²) < 4.78 is 7.77. The highest BCUT2D eigenvalue weighted by molar-refractivity contribution is 5.96. The third-order valence-corrected chi connectivity index (χ3v) is 5.87. The van der Waals surface area contributed by atoms with Crippen LogP contribution in [0.25, 0.3) is 21.9 Å². The van der Waals surface area contributed by atoms with Gasteiger partial charge in [0.2, 0.25) is 5.91 Å². The van der Waals surface area contributed by atoms with Crippen LogP contribution >= 0.6 is 0 Å². The number of aryl methyl sites for hydroxylation is 1. The van der Waals surface area contributed by atoms with Crippen LogP contribution in [0.4, 0.5) is 0 Å². The molecule has 152 valence electrons. The van der Waals surface area contributed by atoms with E-state index in [4.69, 9.17) is 4.42 Å². The molecule has 1 aliphatic rings. The molecule has 2 aromatic carbocycles. The summed E-state index contributed by atoms with van der Waals surface area (Å²) in [6.45, 7) is 4.42. The summed E-state index contributed by atoms with van der Waals surface area (Å²) >= 11 is 0. The molecule has 3 heterocycles. The van der Waals surface area contributed by atoms with E-state index in [2.05, 4.69) is 16.7 Å². The molecule has 6 nitrogen and oxygen atoms in total. The molecule has 1 fully saturated rings. The number of carbonyl (C=O) groups is 2. The number of hydrogen-bond donors (Lipinski definition) is 0. The Morgan fingerprint density at radius 3 is 2.30 bits per heavy atom. The number of hydrogen-bond acceptors (Lipinski definition) is 3. The summed E-state index contributed by atoms with van der Waals surface area (Å²) in [4.78, 5) is 29.3. The van der Waals surface area contributed by atoms with E-state index in [1.165, 1.54) is 0 Å². The zero-order valence-corrected chi connectivity index (χ0v) is 16.9.